The molecule has 2 aromatic rings. The lowest BCUT2D eigenvalue weighted by atomic mass is 10.2. The predicted molar refractivity (Wildman–Crippen MR) is 106 cm³/mol. The number of anilines is 2. The van der Waals surface area contributed by atoms with Crippen molar-refractivity contribution in [3.05, 3.63) is 48.5 Å². The fourth-order valence-corrected chi connectivity index (χ4v) is 2.88. The largest absolute Gasteiger partial charge is 0.493 e. The maximum Gasteiger partial charge on any atom is 0.265 e. The maximum atomic E-state index is 12.6. The molecule has 0 aliphatic carbocycles. The Morgan fingerprint density at radius 3 is 2.41 bits per heavy atom. The van der Waals surface area contributed by atoms with Crippen molar-refractivity contribution >= 4 is 27.3 Å². The summed E-state index contributed by atoms with van der Waals surface area (Å²) in [6.45, 7) is 1.84. The molecule has 146 valence electrons. The van der Waals surface area contributed by atoms with Gasteiger partial charge in [-0.15, -0.1) is 0 Å². The molecule has 0 radical (unpaired) electrons. The van der Waals surface area contributed by atoms with Gasteiger partial charge in [0.1, 0.15) is 0 Å². The van der Waals surface area contributed by atoms with Crippen molar-refractivity contribution in [2.45, 2.75) is 19.4 Å². The van der Waals surface area contributed by atoms with Crippen molar-refractivity contribution in [2.24, 2.45) is 0 Å². The molecule has 7 nitrogen and oxygen atoms in total. The van der Waals surface area contributed by atoms with Crippen LogP contribution in [0.25, 0.3) is 0 Å². The smallest absolute Gasteiger partial charge is 0.265 e. The third kappa shape index (κ3) is 5.37. The standard InChI is InChI=1S/C19H24N2O5S/c1-5-16(26-18-12-7-6-11-17(18)25-3)19(22)20-14-9-8-10-15(13-14)21(2)27(4,23)24/h6-13,16H,5H2,1-4H3,(H,20,22). The van der Waals surface area contributed by atoms with E-state index in [4.69, 9.17) is 9.47 Å². The van der Waals surface area contributed by atoms with Gasteiger partial charge in [-0.2, -0.15) is 0 Å². The van der Waals surface area contributed by atoms with Crippen LogP contribution in [-0.4, -0.2) is 40.8 Å². The molecule has 2 aromatic carbocycles. The molecule has 0 bridgehead atoms. The summed E-state index contributed by atoms with van der Waals surface area (Å²) in [5.41, 5.74) is 0.934. The third-order valence-electron chi connectivity index (χ3n) is 3.98. The molecule has 0 saturated carbocycles. The number of sulfonamides is 1. The molecule has 0 heterocycles. The molecule has 0 aliphatic rings. The number of nitrogens with zero attached hydrogens (tertiary/aromatic N) is 1. The maximum absolute atomic E-state index is 12.6. The van der Waals surface area contributed by atoms with Crippen LogP contribution in [0.1, 0.15) is 13.3 Å². The number of amides is 1. The number of benzene rings is 2. The summed E-state index contributed by atoms with van der Waals surface area (Å²) in [4.78, 5) is 12.6. The Labute approximate surface area is 160 Å². The molecule has 0 aromatic heterocycles. The highest BCUT2D eigenvalue weighted by Crippen LogP contribution is 2.28. The zero-order valence-electron chi connectivity index (χ0n) is 15.8. The molecular weight excluding hydrogens is 368 g/mol. The van der Waals surface area contributed by atoms with Crippen LogP contribution in [0.3, 0.4) is 0 Å². The minimum atomic E-state index is -3.39. The number of carbonyl (C=O) groups is 1. The van der Waals surface area contributed by atoms with Crippen LogP contribution in [0.4, 0.5) is 11.4 Å². The van der Waals surface area contributed by atoms with Crippen molar-refractivity contribution in [3.63, 3.8) is 0 Å². The second-order valence-electron chi connectivity index (χ2n) is 5.94. The number of methoxy groups -OCH3 is 1. The molecule has 1 atom stereocenters. The van der Waals surface area contributed by atoms with E-state index >= 15 is 0 Å². The van der Waals surface area contributed by atoms with Crippen LogP contribution in [0, 0.1) is 0 Å². The number of carbonyl (C=O) groups excluding carboxylic acids is 1. The van der Waals surface area contributed by atoms with Crippen molar-refractivity contribution in [1.82, 2.24) is 0 Å². The Hall–Kier alpha value is -2.74. The zero-order chi connectivity index (χ0) is 20.0. The monoisotopic (exact) mass is 392 g/mol. The van der Waals surface area contributed by atoms with E-state index in [0.717, 1.165) is 10.6 Å². The lowest BCUT2D eigenvalue weighted by Gasteiger charge is -2.20. The van der Waals surface area contributed by atoms with Crippen LogP contribution in [-0.2, 0) is 14.8 Å². The first-order chi connectivity index (χ1) is 12.8. The normalized spacial score (nSPS) is 12.1. The Morgan fingerprint density at radius 2 is 1.81 bits per heavy atom. The predicted octanol–water partition coefficient (Wildman–Crippen LogP) is 2.89. The number of para-hydroxylation sites is 2. The van der Waals surface area contributed by atoms with Gasteiger partial charge in [0.05, 0.1) is 19.1 Å². The first-order valence-electron chi connectivity index (χ1n) is 8.40. The third-order valence-corrected chi connectivity index (χ3v) is 5.18. The van der Waals surface area contributed by atoms with Gasteiger partial charge in [-0.05, 0) is 36.8 Å². The van der Waals surface area contributed by atoms with Gasteiger partial charge in [-0.1, -0.05) is 25.1 Å². The molecule has 0 aliphatic heterocycles. The molecular formula is C19H24N2O5S. The van der Waals surface area contributed by atoms with Gasteiger partial charge in [0, 0.05) is 12.7 Å². The van der Waals surface area contributed by atoms with E-state index < -0.39 is 16.1 Å². The van der Waals surface area contributed by atoms with E-state index in [1.807, 2.05) is 13.0 Å². The lowest BCUT2D eigenvalue weighted by Crippen LogP contribution is -2.32. The molecule has 1 amide bonds. The van der Waals surface area contributed by atoms with Crippen LogP contribution in [0.15, 0.2) is 48.5 Å². The highest BCUT2D eigenvalue weighted by atomic mass is 32.2. The Bertz CT molecular complexity index is 898. The van der Waals surface area contributed by atoms with Crippen LogP contribution >= 0.6 is 0 Å². The second-order valence-corrected chi connectivity index (χ2v) is 7.95. The highest BCUT2D eigenvalue weighted by Gasteiger charge is 2.21. The zero-order valence-corrected chi connectivity index (χ0v) is 16.6. The first-order valence-corrected chi connectivity index (χ1v) is 10.3. The Kier molecular flexibility index (Phi) is 6.68. The molecule has 0 fully saturated rings. The molecule has 2 rings (SSSR count). The summed E-state index contributed by atoms with van der Waals surface area (Å²) in [7, 11) is -0.399. The Balaban J connectivity index is 2.15. The topological polar surface area (TPSA) is 84.9 Å². The van der Waals surface area contributed by atoms with Gasteiger partial charge in [-0.3, -0.25) is 9.10 Å². The van der Waals surface area contributed by atoms with E-state index in [-0.39, 0.29) is 5.91 Å². The van der Waals surface area contributed by atoms with Gasteiger partial charge in [0.25, 0.3) is 5.91 Å². The number of nitrogens with one attached hydrogen (secondary N) is 1. The van der Waals surface area contributed by atoms with Crippen LogP contribution in [0.5, 0.6) is 11.5 Å². The second kappa shape index (κ2) is 8.77. The summed E-state index contributed by atoms with van der Waals surface area (Å²) in [5.74, 6) is 0.690. The number of rotatable bonds is 8. The molecule has 1 N–H and O–H groups in total. The van der Waals surface area contributed by atoms with Gasteiger partial charge < -0.3 is 14.8 Å². The minimum Gasteiger partial charge on any atom is -0.493 e. The number of hydrogen-bond acceptors (Lipinski definition) is 5. The van der Waals surface area contributed by atoms with E-state index in [1.54, 1.807) is 42.5 Å². The molecule has 8 heteroatoms. The summed E-state index contributed by atoms with van der Waals surface area (Å²) in [5, 5.41) is 2.77. The SMILES string of the molecule is CCC(Oc1ccccc1OC)C(=O)Nc1cccc(N(C)S(C)(=O)=O)c1. The van der Waals surface area contributed by atoms with Crippen LogP contribution in [0.2, 0.25) is 0 Å². The minimum absolute atomic E-state index is 0.331. The number of hydrogen-bond donors (Lipinski definition) is 1. The van der Waals surface area contributed by atoms with Crippen LogP contribution < -0.4 is 19.1 Å². The van der Waals surface area contributed by atoms with E-state index in [9.17, 15) is 13.2 Å². The van der Waals surface area contributed by atoms with Crippen molar-refractivity contribution in [1.29, 1.82) is 0 Å². The molecule has 0 spiro atoms. The molecule has 1 unspecified atom stereocenters. The number of ether oxygens (including phenoxy) is 2. The van der Waals surface area contributed by atoms with Crippen molar-refractivity contribution < 1.29 is 22.7 Å². The summed E-state index contributed by atoms with van der Waals surface area (Å²) in [6.07, 6.45) is 0.844. The van der Waals surface area contributed by atoms with Gasteiger partial charge in [0.2, 0.25) is 10.0 Å². The average molecular weight is 392 g/mol. The van der Waals surface area contributed by atoms with Crippen molar-refractivity contribution in [2.75, 3.05) is 30.0 Å². The van der Waals surface area contributed by atoms with Crippen molar-refractivity contribution in [3.8, 4) is 11.5 Å². The summed E-state index contributed by atoms with van der Waals surface area (Å²) in [6, 6.07) is 13.7. The fourth-order valence-electron chi connectivity index (χ4n) is 2.39. The fraction of sp³-hybridized carbons (Fsp3) is 0.316. The average Bonchev–Trinajstić information content (AvgIpc) is 2.65. The van der Waals surface area contributed by atoms with E-state index in [0.29, 0.717) is 29.3 Å². The summed E-state index contributed by atoms with van der Waals surface area (Å²) >= 11 is 0. The molecule has 0 saturated heterocycles. The van der Waals surface area contributed by atoms with Gasteiger partial charge in [-0.25, -0.2) is 8.42 Å². The van der Waals surface area contributed by atoms with E-state index in [2.05, 4.69) is 5.32 Å². The molecule has 27 heavy (non-hydrogen) atoms. The van der Waals surface area contributed by atoms with E-state index in [1.165, 1.54) is 14.2 Å². The first kappa shape index (κ1) is 20.6. The quantitative estimate of drug-likeness (QED) is 0.747. The van der Waals surface area contributed by atoms with Gasteiger partial charge >= 0.3 is 0 Å². The summed E-state index contributed by atoms with van der Waals surface area (Å²) < 4.78 is 35.6. The lowest BCUT2D eigenvalue weighted by molar-refractivity contribution is -0.122. The Morgan fingerprint density at radius 1 is 1.15 bits per heavy atom. The highest BCUT2D eigenvalue weighted by molar-refractivity contribution is 7.92. The van der Waals surface area contributed by atoms with Gasteiger partial charge in [0.15, 0.2) is 17.6 Å².